The molecule has 4 heteroatoms. The van der Waals surface area contributed by atoms with Gasteiger partial charge in [0.15, 0.2) is 0 Å². The summed E-state index contributed by atoms with van der Waals surface area (Å²) >= 11 is 0. The fourth-order valence-electron chi connectivity index (χ4n) is 4.05. The maximum Gasteiger partial charge on any atom is 0.143 e. The number of imidazole rings is 1. The van der Waals surface area contributed by atoms with Crippen molar-refractivity contribution in [1.29, 1.82) is 0 Å². The number of aryl methyl sites for hydroxylation is 1. The lowest BCUT2D eigenvalue weighted by atomic mass is 9.92. The number of hydrogen-bond donors (Lipinski definition) is 0. The molecule has 1 unspecified atom stereocenters. The lowest BCUT2D eigenvalue weighted by molar-refractivity contribution is 0.223. The molecule has 1 atom stereocenters. The molecule has 1 fully saturated rings. The van der Waals surface area contributed by atoms with Crippen molar-refractivity contribution in [1.82, 2.24) is 14.5 Å². The van der Waals surface area contributed by atoms with Crippen LogP contribution in [-0.2, 0) is 0 Å². The summed E-state index contributed by atoms with van der Waals surface area (Å²) in [5.74, 6) is 0.859. The van der Waals surface area contributed by atoms with Crippen LogP contribution in [0.3, 0.4) is 0 Å². The highest BCUT2D eigenvalue weighted by Crippen LogP contribution is 2.33. The van der Waals surface area contributed by atoms with Gasteiger partial charge in [-0.15, -0.1) is 0 Å². The maximum atomic E-state index is 5.65. The number of hydrogen-bond acceptors (Lipinski definition) is 3. The van der Waals surface area contributed by atoms with E-state index in [-0.39, 0.29) is 0 Å². The third-order valence-electron chi connectivity index (χ3n) is 5.47. The number of rotatable bonds is 4. The van der Waals surface area contributed by atoms with Crippen molar-refractivity contribution in [3.05, 3.63) is 83.4 Å². The summed E-state index contributed by atoms with van der Waals surface area (Å²) in [5.41, 5.74) is 6.05. The molecule has 0 saturated carbocycles. The summed E-state index contributed by atoms with van der Waals surface area (Å²) in [6.07, 6.45) is 8.41. The zero-order valence-corrected chi connectivity index (χ0v) is 16.8. The summed E-state index contributed by atoms with van der Waals surface area (Å²) in [4.78, 5) is 6.76. The lowest BCUT2D eigenvalue weighted by Gasteiger charge is -2.34. The Morgan fingerprint density at radius 3 is 2.64 bits per heavy atom. The van der Waals surface area contributed by atoms with Gasteiger partial charge in [0, 0.05) is 18.8 Å². The molecule has 1 saturated heterocycles. The Morgan fingerprint density at radius 1 is 1.14 bits per heavy atom. The molecular weight excluding hydrogens is 346 g/mol. The third kappa shape index (κ3) is 3.87. The van der Waals surface area contributed by atoms with Crippen LogP contribution in [0.1, 0.15) is 35.7 Å². The molecule has 2 aromatic carbocycles. The van der Waals surface area contributed by atoms with E-state index < -0.39 is 0 Å². The summed E-state index contributed by atoms with van der Waals surface area (Å²) in [6.45, 7) is 2.98. The van der Waals surface area contributed by atoms with Crippen molar-refractivity contribution in [3.63, 3.8) is 0 Å². The number of benzene rings is 2. The van der Waals surface area contributed by atoms with Gasteiger partial charge in [0.05, 0.1) is 24.8 Å². The minimum absolute atomic E-state index is 0.500. The Bertz CT molecular complexity index is 975. The van der Waals surface area contributed by atoms with Crippen molar-refractivity contribution >= 4 is 6.08 Å². The zero-order valence-electron chi connectivity index (χ0n) is 16.8. The zero-order chi connectivity index (χ0) is 19.5. The van der Waals surface area contributed by atoms with Crippen molar-refractivity contribution in [2.75, 3.05) is 20.7 Å². The van der Waals surface area contributed by atoms with E-state index >= 15 is 0 Å². The van der Waals surface area contributed by atoms with Crippen molar-refractivity contribution < 1.29 is 4.74 Å². The monoisotopic (exact) mass is 373 g/mol. The summed E-state index contributed by atoms with van der Waals surface area (Å²) in [5, 5.41) is 0. The predicted octanol–water partition coefficient (Wildman–Crippen LogP) is 5.04. The van der Waals surface area contributed by atoms with Gasteiger partial charge in [0.25, 0.3) is 0 Å². The Labute approximate surface area is 167 Å². The van der Waals surface area contributed by atoms with E-state index in [0.717, 1.165) is 36.5 Å². The van der Waals surface area contributed by atoms with Crippen molar-refractivity contribution in [2.24, 2.45) is 0 Å². The molecule has 28 heavy (non-hydrogen) atoms. The number of likely N-dealkylation sites (N-methyl/N-ethyl adjacent to an activating group) is 1. The number of piperidine rings is 1. The highest BCUT2D eigenvalue weighted by molar-refractivity contribution is 5.60. The van der Waals surface area contributed by atoms with Crippen LogP contribution in [0.2, 0.25) is 0 Å². The minimum atomic E-state index is 0.500. The topological polar surface area (TPSA) is 30.3 Å². The van der Waals surface area contributed by atoms with E-state index in [9.17, 15) is 0 Å². The van der Waals surface area contributed by atoms with Crippen LogP contribution >= 0.6 is 0 Å². The largest absolute Gasteiger partial charge is 0.495 e. The molecule has 144 valence electrons. The van der Waals surface area contributed by atoms with Crippen LogP contribution in [0.25, 0.3) is 11.8 Å². The second-order valence-corrected chi connectivity index (χ2v) is 7.54. The molecule has 1 aliphatic heterocycles. The first-order valence-electron chi connectivity index (χ1n) is 9.77. The summed E-state index contributed by atoms with van der Waals surface area (Å²) in [6, 6.07) is 17.7. The minimum Gasteiger partial charge on any atom is -0.495 e. The van der Waals surface area contributed by atoms with E-state index in [1.54, 1.807) is 7.11 Å². The molecule has 3 aromatic rings. The molecule has 4 rings (SSSR count). The van der Waals surface area contributed by atoms with Gasteiger partial charge in [-0.1, -0.05) is 48.0 Å². The van der Waals surface area contributed by atoms with Crippen LogP contribution in [0.15, 0.2) is 66.6 Å². The SMILES string of the molecule is COc1cc(/C=C2\CCC(c3ccccc3)N(C)C2)ccc1-n1cnc(C)c1. The second kappa shape index (κ2) is 8.03. The molecular formula is C24H27N3O. The number of aromatic nitrogens is 2. The van der Waals surface area contributed by atoms with Crippen LogP contribution < -0.4 is 4.74 Å². The fourth-order valence-corrected chi connectivity index (χ4v) is 4.05. The van der Waals surface area contributed by atoms with Crippen LogP contribution in [-0.4, -0.2) is 35.2 Å². The summed E-state index contributed by atoms with van der Waals surface area (Å²) in [7, 11) is 3.94. The van der Waals surface area contributed by atoms with Crippen LogP contribution in [0, 0.1) is 6.92 Å². The molecule has 2 heterocycles. The van der Waals surface area contributed by atoms with E-state index in [1.807, 2.05) is 24.0 Å². The van der Waals surface area contributed by atoms with Crippen LogP contribution in [0.4, 0.5) is 0 Å². The van der Waals surface area contributed by atoms with Gasteiger partial charge < -0.3 is 9.30 Å². The van der Waals surface area contributed by atoms with Crippen LogP contribution in [0.5, 0.6) is 5.75 Å². The third-order valence-corrected chi connectivity index (χ3v) is 5.47. The van der Waals surface area contributed by atoms with Gasteiger partial charge in [-0.25, -0.2) is 4.98 Å². The molecule has 0 radical (unpaired) electrons. The van der Waals surface area contributed by atoms with E-state index in [4.69, 9.17) is 4.74 Å². The quantitative estimate of drug-likeness (QED) is 0.642. The van der Waals surface area contributed by atoms with E-state index in [2.05, 4.69) is 71.5 Å². The standard InChI is InChI=1S/C24H27N3O/c1-18-15-27(17-25-18)23-12-9-19(14-24(23)28-3)13-20-10-11-22(26(2)16-20)21-7-5-4-6-8-21/h4-9,12-15,17,22H,10-11,16H2,1-3H3/b20-13+. The Balaban J connectivity index is 1.53. The smallest absolute Gasteiger partial charge is 0.143 e. The highest BCUT2D eigenvalue weighted by Gasteiger charge is 2.23. The first-order chi connectivity index (χ1) is 13.6. The van der Waals surface area contributed by atoms with Gasteiger partial charge >= 0.3 is 0 Å². The number of nitrogens with zero attached hydrogens (tertiary/aromatic N) is 3. The molecule has 4 nitrogen and oxygen atoms in total. The number of likely N-dealkylation sites (tertiary alicyclic amines) is 1. The van der Waals surface area contributed by atoms with Gasteiger partial charge in [-0.05, 0) is 50.1 Å². The summed E-state index contributed by atoms with van der Waals surface area (Å²) < 4.78 is 7.65. The van der Waals surface area contributed by atoms with Gasteiger partial charge in [0.2, 0.25) is 0 Å². The molecule has 1 aliphatic rings. The first-order valence-corrected chi connectivity index (χ1v) is 9.77. The average molecular weight is 374 g/mol. The first kappa shape index (κ1) is 18.5. The molecule has 0 aliphatic carbocycles. The molecule has 0 spiro atoms. The Morgan fingerprint density at radius 2 is 1.96 bits per heavy atom. The number of methoxy groups -OCH3 is 1. The maximum absolute atomic E-state index is 5.65. The van der Waals surface area contributed by atoms with Crippen molar-refractivity contribution in [2.45, 2.75) is 25.8 Å². The van der Waals surface area contributed by atoms with Gasteiger partial charge in [-0.3, -0.25) is 4.90 Å². The fraction of sp³-hybridized carbons (Fsp3) is 0.292. The van der Waals surface area contributed by atoms with E-state index in [0.29, 0.717) is 6.04 Å². The Hall–Kier alpha value is -2.85. The lowest BCUT2D eigenvalue weighted by Crippen LogP contribution is -2.31. The van der Waals surface area contributed by atoms with E-state index in [1.165, 1.54) is 16.7 Å². The predicted molar refractivity (Wildman–Crippen MR) is 114 cm³/mol. The molecule has 1 aromatic heterocycles. The normalized spacial score (nSPS) is 19.1. The molecule has 0 N–H and O–H groups in total. The second-order valence-electron chi connectivity index (χ2n) is 7.54. The molecule has 0 amide bonds. The van der Waals surface area contributed by atoms with Crippen molar-refractivity contribution in [3.8, 4) is 11.4 Å². The molecule has 0 bridgehead atoms. The van der Waals surface area contributed by atoms with Gasteiger partial charge in [-0.2, -0.15) is 0 Å². The Kier molecular flexibility index (Phi) is 5.31. The highest BCUT2D eigenvalue weighted by atomic mass is 16.5. The number of ether oxygens (including phenoxy) is 1. The average Bonchev–Trinajstić information content (AvgIpc) is 3.15. The van der Waals surface area contributed by atoms with Gasteiger partial charge in [0.1, 0.15) is 5.75 Å².